The predicted octanol–water partition coefficient (Wildman–Crippen LogP) is 2.32. The number of piperidine rings is 1. The molecule has 1 aromatic rings. The summed E-state index contributed by atoms with van der Waals surface area (Å²) in [5.74, 6) is 0.266. The lowest BCUT2D eigenvalue weighted by Crippen LogP contribution is -2.38. The first kappa shape index (κ1) is 18.4. The van der Waals surface area contributed by atoms with Gasteiger partial charge in [-0.1, -0.05) is 0 Å². The average Bonchev–Trinajstić information content (AvgIpc) is 2.55. The van der Waals surface area contributed by atoms with Crippen LogP contribution in [0.3, 0.4) is 0 Å². The number of nitro groups is 1. The van der Waals surface area contributed by atoms with Crippen molar-refractivity contribution >= 4 is 17.3 Å². The summed E-state index contributed by atoms with van der Waals surface area (Å²) in [5.41, 5.74) is 1.31. The maximum Gasteiger partial charge on any atom is 0.269 e. The molecule has 0 bridgehead atoms. The molecular formula is C17H25N3O4. The van der Waals surface area contributed by atoms with Crippen LogP contribution in [0.25, 0.3) is 0 Å². The smallest absolute Gasteiger partial charge is 0.269 e. The molecule has 1 heterocycles. The summed E-state index contributed by atoms with van der Waals surface area (Å²) < 4.78 is 0. The highest BCUT2D eigenvalue weighted by molar-refractivity contribution is 5.91. The van der Waals surface area contributed by atoms with Crippen molar-refractivity contribution in [3.05, 3.63) is 33.9 Å². The fraction of sp³-hybridized carbons (Fsp3) is 0.588. The number of nitrogens with zero attached hydrogens (tertiary/aromatic N) is 2. The van der Waals surface area contributed by atoms with E-state index in [2.05, 4.69) is 10.2 Å². The second-order valence-electron chi connectivity index (χ2n) is 6.47. The van der Waals surface area contributed by atoms with E-state index in [1.807, 2.05) is 6.92 Å². The highest BCUT2D eigenvalue weighted by atomic mass is 16.6. The molecule has 1 aliphatic rings. The quantitative estimate of drug-likeness (QED) is 0.614. The van der Waals surface area contributed by atoms with Gasteiger partial charge in [0.25, 0.3) is 5.69 Å². The summed E-state index contributed by atoms with van der Waals surface area (Å²) in [6, 6.07) is 4.42. The van der Waals surface area contributed by atoms with E-state index in [-0.39, 0.29) is 17.7 Å². The largest absolute Gasteiger partial charge is 0.393 e. The molecule has 1 atom stereocenters. The molecule has 1 saturated heterocycles. The fourth-order valence-corrected chi connectivity index (χ4v) is 3.03. The highest BCUT2D eigenvalue weighted by Gasteiger charge is 2.22. The van der Waals surface area contributed by atoms with Crippen LogP contribution < -0.4 is 5.32 Å². The third-order valence-electron chi connectivity index (χ3n) is 4.66. The zero-order valence-corrected chi connectivity index (χ0v) is 14.2. The van der Waals surface area contributed by atoms with E-state index < -0.39 is 4.92 Å². The van der Waals surface area contributed by atoms with Crippen molar-refractivity contribution in [3.63, 3.8) is 0 Å². The maximum absolute atomic E-state index is 12.1. The minimum Gasteiger partial charge on any atom is -0.393 e. The number of hydrogen-bond donors (Lipinski definition) is 2. The number of carbonyl (C=O) groups excluding carboxylic acids is 1. The van der Waals surface area contributed by atoms with E-state index in [1.54, 1.807) is 13.0 Å². The molecule has 1 aromatic carbocycles. The monoisotopic (exact) mass is 335 g/mol. The van der Waals surface area contributed by atoms with Crippen molar-refractivity contribution in [2.75, 3.05) is 25.0 Å². The zero-order chi connectivity index (χ0) is 17.7. The number of aliphatic hydroxyl groups is 1. The number of non-ortho nitro benzene ring substituents is 1. The number of rotatable bonds is 6. The molecule has 0 aromatic heterocycles. The lowest BCUT2D eigenvalue weighted by atomic mass is 9.92. The van der Waals surface area contributed by atoms with Gasteiger partial charge in [0.2, 0.25) is 5.91 Å². The van der Waals surface area contributed by atoms with Crippen molar-refractivity contribution < 1.29 is 14.8 Å². The molecule has 1 unspecified atom stereocenters. The van der Waals surface area contributed by atoms with Crippen molar-refractivity contribution in [1.82, 2.24) is 4.90 Å². The normalized spacial score (nSPS) is 17.5. The number of carbonyl (C=O) groups is 1. The first-order valence-corrected chi connectivity index (χ1v) is 8.32. The van der Waals surface area contributed by atoms with Gasteiger partial charge in [-0.2, -0.15) is 0 Å². The van der Waals surface area contributed by atoms with Crippen molar-refractivity contribution in [1.29, 1.82) is 0 Å². The molecule has 0 radical (unpaired) electrons. The topological polar surface area (TPSA) is 95.7 Å². The van der Waals surface area contributed by atoms with Crippen LogP contribution in [0.4, 0.5) is 11.4 Å². The Labute approximate surface area is 141 Å². The number of anilines is 1. The number of nitro benzene ring substituents is 1. The maximum atomic E-state index is 12.1. The fourth-order valence-electron chi connectivity index (χ4n) is 3.03. The van der Waals surface area contributed by atoms with Crippen molar-refractivity contribution in [2.45, 2.75) is 39.2 Å². The number of hydrogen-bond acceptors (Lipinski definition) is 5. The van der Waals surface area contributed by atoms with Crippen LogP contribution in [0.15, 0.2) is 18.2 Å². The Morgan fingerprint density at radius 1 is 1.46 bits per heavy atom. The predicted molar refractivity (Wildman–Crippen MR) is 91.9 cm³/mol. The van der Waals surface area contributed by atoms with E-state index in [0.717, 1.165) is 25.9 Å². The number of likely N-dealkylation sites (tertiary alicyclic amines) is 1. The highest BCUT2D eigenvalue weighted by Crippen LogP contribution is 2.22. The molecule has 2 rings (SSSR count). The SMILES string of the molecule is Cc1cc([N+](=O)[O-])ccc1NC(=O)CCN1CCC(C(C)O)CC1. The number of aryl methyl sites for hydroxylation is 1. The summed E-state index contributed by atoms with van der Waals surface area (Å²) in [6.07, 6.45) is 2.04. The van der Waals surface area contributed by atoms with Gasteiger partial charge in [0.05, 0.1) is 11.0 Å². The second-order valence-corrected chi connectivity index (χ2v) is 6.47. The van der Waals surface area contributed by atoms with Gasteiger partial charge in [0.15, 0.2) is 0 Å². The van der Waals surface area contributed by atoms with E-state index in [9.17, 15) is 20.0 Å². The Morgan fingerprint density at radius 2 is 2.12 bits per heavy atom. The van der Waals surface area contributed by atoms with Crippen LogP contribution in [0.2, 0.25) is 0 Å². The minimum atomic E-state index is -0.449. The number of amides is 1. The summed E-state index contributed by atoms with van der Waals surface area (Å²) in [4.78, 5) is 24.6. The molecule has 0 spiro atoms. The molecule has 7 nitrogen and oxygen atoms in total. The average molecular weight is 335 g/mol. The van der Waals surface area contributed by atoms with Gasteiger partial charge >= 0.3 is 0 Å². The number of nitrogens with one attached hydrogen (secondary N) is 1. The summed E-state index contributed by atoms with van der Waals surface area (Å²) in [6.45, 7) is 6.06. The van der Waals surface area contributed by atoms with Crippen LogP contribution in [0, 0.1) is 23.0 Å². The summed E-state index contributed by atoms with van der Waals surface area (Å²) in [7, 11) is 0. The van der Waals surface area contributed by atoms with Crippen molar-refractivity contribution in [3.8, 4) is 0 Å². The third-order valence-corrected chi connectivity index (χ3v) is 4.66. The Bertz CT molecular complexity index is 595. The van der Waals surface area contributed by atoms with Crippen LogP contribution in [0.5, 0.6) is 0 Å². The van der Waals surface area contributed by atoms with Gasteiger partial charge in [-0.05, 0) is 57.3 Å². The molecule has 1 amide bonds. The van der Waals surface area contributed by atoms with Crippen LogP contribution in [-0.4, -0.2) is 46.6 Å². The Morgan fingerprint density at radius 3 is 2.67 bits per heavy atom. The molecule has 2 N–H and O–H groups in total. The van der Waals surface area contributed by atoms with Gasteiger partial charge in [0.1, 0.15) is 0 Å². The molecule has 0 saturated carbocycles. The third kappa shape index (κ3) is 5.01. The van der Waals surface area contributed by atoms with Gasteiger partial charge in [-0.3, -0.25) is 14.9 Å². The van der Waals surface area contributed by atoms with Gasteiger partial charge in [0, 0.05) is 30.8 Å². The Hall–Kier alpha value is -1.99. The summed E-state index contributed by atoms with van der Waals surface area (Å²) in [5, 5.41) is 23.1. The van der Waals surface area contributed by atoms with E-state index >= 15 is 0 Å². The molecule has 0 aliphatic carbocycles. The molecular weight excluding hydrogens is 310 g/mol. The standard InChI is InChI=1S/C17H25N3O4/c1-12-11-15(20(23)24)3-4-16(12)18-17(22)7-10-19-8-5-14(6-9-19)13(2)21/h3-4,11,13-14,21H,5-10H2,1-2H3,(H,18,22). The molecule has 132 valence electrons. The van der Waals surface area contributed by atoms with E-state index in [4.69, 9.17) is 0 Å². The minimum absolute atomic E-state index is 0.0199. The number of benzene rings is 1. The molecule has 7 heteroatoms. The van der Waals surface area contributed by atoms with Crippen LogP contribution in [0.1, 0.15) is 31.7 Å². The second kappa shape index (κ2) is 8.21. The molecule has 24 heavy (non-hydrogen) atoms. The summed E-state index contributed by atoms with van der Waals surface area (Å²) >= 11 is 0. The van der Waals surface area contributed by atoms with Crippen LogP contribution in [-0.2, 0) is 4.79 Å². The molecule has 1 fully saturated rings. The van der Waals surface area contributed by atoms with Gasteiger partial charge in [-0.15, -0.1) is 0 Å². The van der Waals surface area contributed by atoms with Gasteiger partial charge < -0.3 is 15.3 Å². The van der Waals surface area contributed by atoms with E-state index in [1.165, 1.54) is 12.1 Å². The lowest BCUT2D eigenvalue weighted by Gasteiger charge is -2.33. The lowest BCUT2D eigenvalue weighted by molar-refractivity contribution is -0.384. The Balaban J connectivity index is 1.79. The molecule has 1 aliphatic heterocycles. The van der Waals surface area contributed by atoms with Crippen molar-refractivity contribution in [2.24, 2.45) is 5.92 Å². The first-order chi connectivity index (χ1) is 11.4. The van der Waals surface area contributed by atoms with E-state index in [0.29, 0.717) is 30.1 Å². The van der Waals surface area contributed by atoms with Gasteiger partial charge in [-0.25, -0.2) is 0 Å². The first-order valence-electron chi connectivity index (χ1n) is 8.32. The number of aliphatic hydroxyl groups excluding tert-OH is 1. The Kier molecular flexibility index (Phi) is 6.28. The van der Waals surface area contributed by atoms with Crippen LogP contribution >= 0.6 is 0 Å². The zero-order valence-electron chi connectivity index (χ0n) is 14.2.